The Kier molecular flexibility index (Phi) is 5.28. The standard InChI is InChI=1S/C21H22FN3O2S/c1-14-10-16-18(23-6-8-26)12-21(24-19(16)11-17(14)22)25-7-9-28(27)20-5-3-2-4-15(20)13-25/h2-5,10-12,26H,6-9,13H2,1H3,(H,23,24). The van der Waals surface area contributed by atoms with Crippen LogP contribution in [0.1, 0.15) is 11.1 Å². The molecule has 1 aliphatic rings. The van der Waals surface area contributed by atoms with E-state index >= 15 is 0 Å². The molecule has 0 bridgehead atoms. The van der Waals surface area contributed by atoms with Gasteiger partial charge in [0.25, 0.3) is 0 Å². The second-order valence-electron chi connectivity index (χ2n) is 6.88. The largest absolute Gasteiger partial charge is 0.395 e. The van der Waals surface area contributed by atoms with E-state index in [4.69, 9.17) is 4.98 Å². The quantitative estimate of drug-likeness (QED) is 0.705. The number of nitrogens with one attached hydrogen (secondary N) is 1. The Morgan fingerprint density at radius 1 is 1.29 bits per heavy atom. The SMILES string of the molecule is Cc1cc2c(NCCO)cc(N3CCS(=O)c4ccccc4C3)nc2cc1F. The third kappa shape index (κ3) is 3.59. The zero-order valence-corrected chi connectivity index (χ0v) is 16.4. The van der Waals surface area contributed by atoms with E-state index in [0.717, 1.165) is 21.5 Å². The van der Waals surface area contributed by atoms with E-state index in [0.29, 0.717) is 42.3 Å². The molecule has 5 nitrogen and oxygen atoms in total. The molecular weight excluding hydrogens is 377 g/mol. The van der Waals surface area contributed by atoms with Gasteiger partial charge in [0.05, 0.1) is 22.9 Å². The highest BCUT2D eigenvalue weighted by molar-refractivity contribution is 7.85. The van der Waals surface area contributed by atoms with E-state index in [9.17, 15) is 13.7 Å². The molecule has 0 saturated carbocycles. The Bertz CT molecular complexity index is 1060. The smallest absolute Gasteiger partial charge is 0.131 e. The minimum absolute atomic E-state index is 0.00457. The van der Waals surface area contributed by atoms with Crippen LogP contribution in [-0.2, 0) is 17.3 Å². The second kappa shape index (κ2) is 7.85. The molecule has 2 N–H and O–H groups in total. The molecule has 3 aromatic rings. The first-order valence-electron chi connectivity index (χ1n) is 9.23. The lowest BCUT2D eigenvalue weighted by Gasteiger charge is -2.23. The van der Waals surface area contributed by atoms with Gasteiger partial charge in [-0.25, -0.2) is 9.37 Å². The highest BCUT2D eigenvalue weighted by atomic mass is 32.2. The number of anilines is 2. The van der Waals surface area contributed by atoms with Crippen LogP contribution in [0.4, 0.5) is 15.9 Å². The van der Waals surface area contributed by atoms with Crippen LogP contribution in [0, 0.1) is 12.7 Å². The van der Waals surface area contributed by atoms with Crippen molar-refractivity contribution in [3.05, 3.63) is 59.4 Å². The van der Waals surface area contributed by atoms with Crippen molar-refractivity contribution in [2.24, 2.45) is 0 Å². The van der Waals surface area contributed by atoms with Crippen molar-refractivity contribution in [1.82, 2.24) is 4.98 Å². The monoisotopic (exact) mass is 399 g/mol. The molecule has 7 heteroatoms. The fourth-order valence-corrected chi connectivity index (χ4v) is 4.74. The Morgan fingerprint density at radius 2 is 2.11 bits per heavy atom. The van der Waals surface area contributed by atoms with E-state index < -0.39 is 10.8 Å². The van der Waals surface area contributed by atoms with Crippen molar-refractivity contribution >= 4 is 33.2 Å². The van der Waals surface area contributed by atoms with Gasteiger partial charge < -0.3 is 15.3 Å². The van der Waals surface area contributed by atoms with Gasteiger partial charge in [-0.1, -0.05) is 18.2 Å². The first-order chi connectivity index (χ1) is 13.6. The Labute approximate surface area is 165 Å². The van der Waals surface area contributed by atoms with Crippen molar-refractivity contribution in [3.63, 3.8) is 0 Å². The fraction of sp³-hybridized carbons (Fsp3) is 0.286. The number of hydrogen-bond donors (Lipinski definition) is 2. The topological polar surface area (TPSA) is 65.5 Å². The summed E-state index contributed by atoms with van der Waals surface area (Å²) in [7, 11) is -1.05. The molecule has 1 atom stereocenters. The third-order valence-corrected chi connectivity index (χ3v) is 6.39. The van der Waals surface area contributed by atoms with E-state index in [1.165, 1.54) is 6.07 Å². The van der Waals surface area contributed by atoms with Crippen molar-refractivity contribution < 1.29 is 13.7 Å². The van der Waals surface area contributed by atoms with E-state index in [-0.39, 0.29) is 12.4 Å². The fourth-order valence-electron chi connectivity index (χ4n) is 3.48. The predicted octanol–water partition coefficient (Wildman–Crippen LogP) is 3.21. The number of hydrogen-bond acceptors (Lipinski definition) is 5. The number of aryl methyl sites for hydroxylation is 1. The predicted molar refractivity (Wildman–Crippen MR) is 111 cm³/mol. The number of halogens is 1. The molecule has 1 aromatic heterocycles. The molecule has 0 spiro atoms. The van der Waals surface area contributed by atoms with Crippen LogP contribution in [0.15, 0.2) is 47.4 Å². The van der Waals surface area contributed by atoms with E-state index in [2.05, 4.69) is 10.2 Å². The van der Waals surface area contributed by atoms with Gasteiger partial charge in [0.1, 0.15) is 11.6 Å². The van der Waals surface area contributed by atoms with Crippen LogP contribution in [0.2, 0.25) is 0 Å². The lowest BCUT2D eigenvalue weighted by atomic mass is 10.1. The summed E-state index contributed by atoms with van der Waals surface area (Å²) >= 11 is 0. The molecule has 28 heavy (non-hydrogen) atoms. The zero-order valence-electron chi connectivity index (χ0n) is 15.6. The van der Waals surface area contributed by atoms with Gasteiger partial charge >= 0.3 is 0 Å². The number of benzene rings is 2. The van der Waals surface area contributed by atoms with Crippen LogP contribution in [0.25, 0.3) is 10.9 Å². The summed E-state index contributed by atoms with van der Waals surface area (Å²) in [5.41, 5.74) is 2.92. The van der Waals surface area contributed by atoms with Gasteiger partial charge in [0.15, 0.2) is 0 Å². The normalized spacial score (nSPS) is 16.7. The molecule has 0 amide bonds. The molecule has 2 aromatic carbocycles. The van der Waals surface area contributed by atoms with Crippen LogP contribution in [0.5, 0.6) is 0 Å². The maximum absolute atomic E-state index is 14.2. The minimum Gasteiger partial charge on any atom is -0.395 e. The number of rotatable bonds is 4. The van der Waals surface area contributed by atoms with Crippen molar-refractivity contribution in [2.45, 2.75) is 18.4 Å². The van der Waals surface area contributed by atoms with Gasteiger partial charge in [0.2, 0.25) is 0 Å². The van der Waals surface area contributed by atoms with Crippen LogP contribution in [0.3, 0.4) is 0 Å². The number of pyridine rings is 1. The zero-order chi connectivity index (χ0) is 19.7. The molecule has 0 radical (unpaired) electrons. The van der Waals surface area contributed by atoms with Crippen LogP contribution in [-0.4, -0.2) is 39.7 Å². The Hall–Kier alpha value is -2.51. The second-order valence-corrected chi connectivity index (χ2v) is 8.41. The summed E-state index contributed by atoms with van der Waals surface area (Å²) in [6.45, 7) is 3.29. The van der Waals surface area contributed by atoms with Gasteiger partial charge in [-0.3, -0.25) is 4.21 Å². The lowest BCUT2D eigenvalue weighted by molar-refractivity contribution is 0.311. The number of aliphatic hydroxyl groups is 1. The molecule has 0 saturated heterocycles. The first kappa shape index (κ1) is 18.8. The van der Waals surface area contributed by atoms with Crippen LogP contribution >= 0.6 is 0 Å². The van der Waals surface area contributed by atoms with Gasteiger partial charge in [-0.15, -0.1) is 0 Å². The average molecular weight is 399 g/mol. The summed E-state index contributed by atoms with van der Waals surface area (Å²) in [4.78, 5) is 7.63. The molecule has 4 rings (SSSR count). The molecule has 146 valence electrons. The highest BCUT2D eigenvalue weighted by Crippen LogP contribution is 2.31. The van der Waals surface area contributed by atoms with Crippen molar-refractivity contribution in [3.8, 4) is 0 Å². The maximum Gasteiger partial charge on any atom is 0.131 e. The van der Waals surface area contributed by atoms with Crippen molar-refractivity contribution in [1.29, 1.82) is 0 Å². The lowest BCUT2D eigenvalue weighted by Crippen LogP contribution is -2.26. The van der Waals surface area contributed by atoms with Gasteiger partial charge in [-0.05, 0) is 30.2 Å². The third-order valence-electron chi connectivity index (χ3n) is 4.95. The van der Waals surface area contributed by atoms with E-state index in [1.807, 2.05) is 30.3 Å². The van der Waals surface area contributed by atoms with Crippen LogP contribution < -0.4 is 10.2 Å². The maximum atomic E-state index is 14.2. The Balaban J connectivity index is 1.80. The molecule has 0 fully saturated rings. The van der Waals surface area contributed by atoms with Gasteiger partial charge in [0, 0.05) is 53.5 Å². The first-order valence-corrected chi connectivity index (χ1v) is 10.6. The minimum atomic E-state index is -1.05. The average Bonchev–Trinajstić information content (AvgIpc) is 2.86. The molecular formula is C21H22FN3O2S. The summed E-state index contributed by atoms with van der Waals surface area (Å²) in [6, 6.07) is 12.9. The molecule has 2 heterocycles. The summed E-state index contributed by atoms with van der Waals surface area (Å²) in [5.74, 6) is 0.913. The molecule has 0 aliphatic carbocycles. The number of aromatic nitrogens is 1. The van der Waals surface area contributed by atoms with Crippen molar-refractivity contribution in [2.75, 3.05) is 35.7 Å². The number of fused-ring (bicyclic) bond motifs is 2. The van der Waals surface area contributed by atoms with Gasteiger partial charge in [-0.2, -0.15) is 0 Å². The highest BCUT2D eigenvalue weighted by Gasteiger charge is 2.21. The number of aliphatic hydroxyl groups excluding tert-OH is 1. The summed E-state index contributed by atoms with van der Waals surface area (Å²) in [6.07, 6.45) is 0. The summed E-state index contributed by atoms with van der Waals surface area (Å²) < 4.78 is 26.7. The molecule has 1 unspecified atom stereocenters. The number of nitrogens with zero attached hydrogens (tertiary/aromatic N) is 2. The summed E-state index contributed by atoms with van der Waals surface area (Å²) in [5, 5.41) is 13.2. The Morgan fingerprint density at radius 3 is 2.93 bits per heavy atom. The van der Waals surface area contributed by atoms with E-state index in [1.54, 1.807) is 13.0 Å². The molecule has 1 aliphatic heterocycles.